The van der Waals surface area contributed by atoms with Crippen molar-refractivity contribution in [1.82, 2.24) is 0 Å². The fourth-order valence-electron chi connectivity index (χ4n) is 0.888. The first kappa shape index (κ1) is 12.6. The van der Waals surface area contributed by atoms with Gasteiger partial charge in [0.1, 0.15) is 5.78 Å². The molecule has 0 aliphatic carbocycles. The van der Waals surface area contributed by atoms with Gasteiger partial charge in [-0.3, -0.25) is 4.79 Å². The number of ketones is 1. The minimum Gasteiger partial charge on any atom is -0.300 e. The molecular weight excluding hydrogens is 284 g/mol. The van der Waals surface area contributed by atoms with Crippen molar-refractivity contribution >= 4 is 37.6 Å². The monoisotopic (exact) mass is 298 g/mol. The second-order valence-corrected chi connectivity index (χ2v) is 5.43. The van der Waals surface area contributed by atoms with Crippen LogP contribution in [0, 0.1) is 5.92 Å². The largest absolute Gasteiger partial charge is 0.300 e. The number of rotatable bonds is 6. The first-order valence-electron chi connectivity index (χ1n) is 4.29. The van der Waals surface area contributed by atoms with Gasteiger partial charge in [-0.15, -0.1) is 0 Å². The van der Waals surface area contributed by atoms with E-state index in [9.17, 15) is 4.79 Å². The molecule has 72 valence electrons. The molecule has 2 atom stereocenters. The fraction of sp³-hybridized carbons (Fsp3) is 0.889. The number of alkyl halides is 2. The summed E-state index contributed by atoms with van der Waals surface area (Å²) in [6, 6.07) is 0. The summed E-state index contributed by atoms with van der Waals surface area (Å²) < 4.78 is 0. The molecule has 0 fully saturated rings. The lowest BCUT2D eigenvalue weighted by Crippen LogP contribution is -2.12. The van der Waals surface area contributed by atoms with Crippen LogP contribution in [0.5, 0.6) is 0 Å². The van der Waals surface area contributed by atoms with Crippen LogP contribution in [0.4, 0.5) is 0 Å². The van der Waals surface area contributed by atoms with E-state index in [2.05, 4.69) is 45.7 Å². The van der Waals surface area contributed by atoms with Gasteiger partial charge < -0.3 is 0 Å². The van der Waals surface area contributed by atoms with E-state index >= 15 is 0 Å². The molecule has 0 heterocycles. The van der Waals surface area contributed by atoms with Crippen molar-refractivity contribution < 1.29 is 4.79 Å². The molecule has 0 bridgehead atoms. The Bertz CT molecular complexity index is 134. The molecule has 0 aromatic heterocycles. The van der Waals surface area contributed by atoms with Crippen LogP contribution in [-0.2, 0) is 4.79 Å². The second-order valence-electron chi connectivity index (χ2n) is 3.19. The van der Waals surface area contributed by atoms with E-state index in [1.165, 1.54) is 0 Å². The van der Waals surface area contributed by atoms with Crippen molar-refractivity contribution in [1.29, 1.82) is 0 Å². The Kier molecular flexibility index (Phi) is 7.45. The van der Waals surface area contributed by atoms with Crippen molar-refractivity contribution in [3.05, 3.63) is 0 Å². The van der Waals surface area contributed by atoms with Gasteiger partial charge in [0.25, 0.3) is 0 Å². The first-order valence-corrected chi connectivity index (χ1v) is 6.33. The Labute approximate surface area is 91.6 Å². The summed E-state index contributed by atoms with van der Waals surface area (Å²) in [4.78, 5) is 11.7. The van der Waals surface area contributed by atoms with Crippen LogP contribution in [0.3, 0.4) is 0 Å². The van der Waals surface area contributed by atoms with Gasteiger partial charge in [0.2, 0.25) is 0 Å². The molecule has 0 spiro atoms. The topological polar surface area (TPSA) is 17.1 Å². The third-order valence-corrected chi connectivity index (χ3v) is 3.39. The summed E-state index contributed by atoms with van der Waals surface area (Å²) in [6.07, 6.45) is 2.39. The number of carbonyl (C=O) groups is 1. The van der Waals surface area contributed by atoms with Crippen LogP contribution in [0.2, 0.25) is 0 Å². The molecule has 0 aliphatic rings. The van der Waals surface area contributed by atoms with Crippen LogP contribution in [0.25, 0.3) is 0 Å². The standard InChI is InChI=1S/C9H16Br2O/c1-7(8(2)11)6-9(12)4-3-5-10/h7-8H,3-6H2,1-2H3/t7-,8-/m0/s1. The first-order chi connectivity index (χ1) is 5.57. The molecule has 0 rings (SSSR count). The molecule has 0 saturated carbocycles. The summed E-state index contributed by atoms with van der Waals surface area (Å²) in [5.74, 6) is 0.834. The highest BCUT2D eigenvalue weighted by Gasteiger charge is 2.12. The van der Waals surface area contributed by atoms with Crippen LogP contribution in [-0.4, -0.2) is 15.9 Å². The molecule has 0 amide bonds. The van der Waals surface area contributed by atoms with Gasteiger partial charge in [0.05, 0.1) is 0 Å². The molecule has 0 N–H and O–H groups in total. The van der Waals surface area contributed by atoms with Gasteiger partial charge in [-0.25, -0.2) is 0 Å². The highest BCUT2D eigenvalue weighted by atomic mass is 79.9. The second kappa shape index (κ2) is 7.07. The molecule has 0 saturated heterocycles. The SMILES string of the molecule is C[C@H](Br)[C@@H](C)CC(=O)CCCBr. The third kappa shape index (κ3) is 6.18. The molecular formula is C9H16Br2O. The minimum atomic E-state index is 0.383. The van der Waals surface area contributed by atoms with Gasteiger partial charge in [-0.05, 0) is 12.3 Å². The maximum absolute atomic E-state index is 11.3. The lowest BCUT2D eigenvalue weighted by molar-refractivity contribution is -0.119. The van der Waals surface area contributed by atoms with Gasteiger partial charge in [-0.2, -0.15) is 0 Å². The lowest BCUT2D eigenvalue weighted by Gasteiger charge is -2.12. The summed E-state index contributed by atoms with van der Waals surface area (Å²) in [7, 11) is 0. The fourth-order valence-corrected chi connectivity index (χ4v) is 1.35. The zero-order valence-electron chi connectivity index (χ0n) is 7.65. The lowest BCUT2D eigenvalue weighted by atomic mass is 10.00. The number of hydrogen-bond acceptors (Lipinski definition) is 1. The molecule has 0 aromatic rings. The smallest absolute Gasteiger partial charge is 0.133 e. The predicted molar refractivity (Wildman–Crippen MR) is 60.2 cm³/mol. The van der Waals surface area contributed by atoms with Gasteiger partial charge in [0.15, 0.2) is 0 Å². The molecule has 0 aromatic carbocycles. The molecule has 0 unspecified atom stereocenters. The number of halogens is 2. The number of Topliss-reactive ketones (excluding diaryl/α,β-unsaturated/α-hetero) is 1. The van der Waals surface area contributed by atoms with E-state index in [4.69, 9.17) is 0 Å². The Morgan fingerprint density at radius 1 is 1.42 bits per heavy atom. The number of carbonyl (C=O) groups excluding carboxylic acids is 1. The van der Waals surface area contributed by atoms with Crippen LogP contribution >= 0.6 is 31.9 Å². The summed E-state index contributed by atoms with van der Waals surface area (Å²) >= 11 is 6.79. The van der Waals surface area contributed by atoms with E-state index in [1.807, 2.05) is 0 Å². The summed E-state index contributed by atoms with van der Waals surface area (Å²) in [6.45, 7) is 4.19. The number of hydrogen-bond donors (Lipinski definition) is 0. The van der Waals surface area contributed by atoms with E-state index < -0.39 is 0 Å². The van der Waals surface area contributed by atoms with Gasteiger partial charge in [0, 0.05) is 23.0 Å². The molecule has 12 heavy (non-hydrogen) atoms. The van der Waals surface area contributed by atoms with Gasteiger partial charge in [-0.1, -0.05) is 45.7 Å². The van der Waals surface area contributed by atoms with Crippen molar-refractivity contribution in [2.75, 3.05) is 5.33 Å². The molecule has 1 nitrogen and oxygen atoms in total. The van der Waals surface area contributed by atoms with E-state index in [1.54, 1.807) is 0 Å². The van der Waals surface area contributed by atoms with Crippen LogP contribution < -0.4 is 0 Å². The van der Waals surface area contributed by atoms with E-state index in [0.717, 1.165) is 18.2 Å². The zero-order chi connectivity index (χ0) is 9.56. The third-order valence-electron chi connectivity index (χ3n) is 1.92. The average Bonchev–Trinajstić information content (AvgIpc) is 2.00. The Balaban J connectivity index is 3.54. The maximum Gasteiger partial charge on any atom is 0.133 e. The highest BCUT2D eigenvalue weighted by molar-refractivity contribution is 9.09. The molecule has 0 radical (unpaired) electrons. The van der Waals surface area contributed by atoms with Crippen molar-refractivity contribution in [2.24, 2.45) is 5.92 Å². The van der Waals surface area contributed by atoms with Crippen LogP contribution in [0.15, 0.2) is 0 Å². The van der Waals surface area contributed by atoms with Crippen molar-refractivity contribution in [2.45, 2.75) is 37.9 Å². The van der Waals surface area contributed by atoms with Crippen molar-refractivity contribution in [3.63, 3.8) is 0 Å². The Hall–Kier alpha value is 0.630. The maximum atomic E-state index is 11.3. The normalized spacial score (nSPS) is 15.7. The molecule has 0 aliphatic heterocycles. The van der Waals surface area contributed by atoms with E-state index in [0.29, 0.717) is 22.9 Å². The quantitative estimate of drug-likeness (QED) is 0.686. The Morgan fingerprint density at radius 3 is 2.42 bits per heavy atom. The van der Waals surface area contributed by atoms with E-state index in [-0.39, 0.29) is 0 Å². The van der Waals surface area contributed by atoms with Crippen LogP contribution in [0.1, 0.15) is 33.1 Å². The Morgan fingerprint density at radius 2 is 2.00 bits per heavy atom. The summed E-state index contributed by atoms with van der Waals surface area (Å²) in [5.41, 5.74) is 0. The van der Waals surface area contributed by atoms with Crippen molar-refractivity contribution in [3.8, 4) is 0 Å². The summed E-state index contributed by atoms with van der Waals surface area (Å²) in [5, 5.41) is 0.928. The molecule has 3 heteroatoms. The predicted octanol–water partition coefficient (Wildman–Crippen LogP) is 3.54. The minimum absolute atomic E-state index is 0.383. The average molecular weight is 300 g/mol. The van der Waals surface area contributed by atoms with Gasteiger partial charge >= 0.3 is 0 Å². The highest BCUT2D eigenvalue weighted by Crippen LogP contribution is 2.16. The zero-order valence-corrected chi connectivity index (χ0v) is 10.8.